The lowest BCUT2D eigenvalue weighted by Gasteiger charge is -2.24. The first kappa shape index (κ1) is 15.3. The van der Waals surface area contributed by atoms with Gasteiger partial charge < -0.3 is 10.1 Å². The molecule has 1 saturated heterocycles. The van der Waals surface area contributed by atoms with Crippen LogP contribution in [-0.2, 0) is 10.9 Å². The third-order valence-electron chi connectivity index (χ3n) is 3.71. The van der Waals surface area contributed by atoms with Gasteiger partial charge in [-0.3, -0.25) is 0 Å². The zero-order valence-electron chi connectivity index (χ0n) is 11.5. The molecule has 5 heteroatoms. The molecule has 1 aliphatic rings. The molecular formula is C15H20F3NO. The van der Waals surface area contributed by atoms with Gasteiger partial charge in [-0.05, 0) is 43.4 Å². The van der Waals surface area contributed by atoms with Crippen molar-refractivity contribution in [2.45, 2.75) is 32.0 Å². The summed E-state index contributed by atoms with van der Waals surface area (Å²) in [6.07, 6.45) is -2.04. The van der Waals surface area contributed by atoms with Crippen LogP contribution in [0.2, 0.25) is 0 Å². The SMILES string of the molecule is CC(NCC1CCCOC1)c1ccc(C(F)(F)F)cc1. The van der Waals surface area contributed by atoms with Crippen LogP contribution in [0.25, 0.3) is 0 Å². The zero-order valence-corrected chi connectivity index (χ0v) is 11.5. The standard InChI is InChI=1S/C15H20F3NO/c1-11(19-9-12-3-2-8-20-10-12)13-4-6-14(7-5-13)15(16,17)18/h4-7,11-12,19H,2-3,8-10H2,1H3. The quantitative estimate of drug-likeness (QED) is 0.910. The second-order valence-electron chi connectivity index (χ2n) is 5.33. The van der Waals surface area contributed by atoms with Crippen molar-refractivity contribution in [3.05, 3.63) is 35.4 Å². The first-order valence-electron chi connectivity index (χ1n) is 6.95. The topological polar surface area (TPSA) is 21.3 Å². The van der Waals surface area contributed by atoms with E-state index in [1.807, 2.05) is 6.92 Å². The predicted molar refractivity (Wildman–Crippen MR) is 71.4 cm³/mol. The summed E-state index contributed by atoms with van der Waals surface area (Å²) >= 11 is 0. The van der Waals surface area contributed by atoms with E-state index in [0.717, 1.165) is 50.3 Å². The fourth-order valence-corrected chi connectivity index (χ4v) is 2.39. The van der Waals surface area contributed by atoms with E-state index in [9.17, 15) is 13.2 Å². The van der Waals surface area contributed by atoms with Crippen molar-refractivity contribution in [3.63, 3.8) is 0 Å². The normalized spacial score (nSPS) is 21.7. The van der Waals surface area contributed by atoms with Crippen molar-refractivity contribution in [3.8, 4) is 0 Å². The number of nitrogens with one attached hydrogen (secondary N) is 1. The van der Waals surface area contributed by atoms with Crippen LogP contribution < -0.4 is 5.32 Å². The Morgan fingerprint density at radius 1 is 1.30 bits per heavy atom. The maximum Gasteiger partial charge on any atom is 0.416 e. The number of rotatable bonds is 4. The number of ether oxygens (including phenoxy) is 1. The van der Waals surface area contributed by atoms with E-state index < -0.39 is 11.7 Å². The van der Waals surface area contributed by atoms with E-state index in [-0.39, 0.29) is 6.04 Å². The van der Waals surface area contributed by atoms with Crippen LogP contribution in [0.15, 0.2) is 24.3 Å². The highest BCUT2D eigenvalue weighted by Gasteiger charge is 2.30. The van der Waals surface area contributed by atoms with E-state index in [4.69, 9.17) is 4.74 Å². The number of halogens is 3. The van der Waals surface area contributed by atoms with Gasteiger partial charge in [0.2, 0.25) is 0 Å². The third kappa shape index (κ3) is 4.21. The molecule has 1 aliphatic heterocycles. The minimum atomic E-state index is -4.27. The average Bonchev–Trinajstić information content (AvgIpc) is 2.45. The maximum absolute atomic E-state index is 12.5. The molecule has 0 saturated carbocycles. The van der Waals surface area contributed by atoms with Crippen molar-refractivity contribution in [1.82, 2.24) is 5.32 Å². The summed E-state index contributed by atoms with van der Waals surface area (Å²) in [5.41, 5.74) is 0.267. The third-order valence-corrected chi connectivity index (χ3v) is 3.71. The Morgan fingerprint density at radius 3 is 2.55 bits per heavy atom. The van der Waals surface area contributed by atoms with Crippen molar-refractivity contribution >= 4 is 0 Å². The summed E-state index contributed by atoms with van der Waals surface area (Å²) in [5.74, 6) is 0.501. The van der Waals surface area contributed by atoms with Crippen molar-refractivity contribution in [2.24, 2.45) is 5.92 Å². The Bertz CT molecular complexity index is 410. The molecule has 0 spiro atoms. The van der Waals surface area contributed by atoms with Gasteiger partial charge in [0, 0.05) is 19.2 Å². The Balaban J connectivity index is 1.87. The average molecular weight is 287 g/mol. The molecule has 2 nitrogen and oxygen atoms in total. The van der Waals surface area contributed by atoms with Crippen molar-refractivity contribution in [1.29, 1.82) is 0 Å². The number of hydrogen-bond acceptors (Lipinski definition) is 2. The molecule has 0 bridgehead atoms. The highest BCUT2D eigenvalue weighted by Crippen LogP contribution is 2.29. The van der Waals surface area contributed by atoms with Crippen LogP contribution in [0, 0.1) is 5.92 Å². The van der Waals surface area contributed by atoms with Gasteiger partial charge in [-0.2, -0.15) is 13.2 Å². The van der Waals surface area contributed by atoms with Gasteiger partial charge in [-0.25, -0.2) is 0 Å². The highest BCUT2D eigenvalue weighted by atomic mass is 19.4. The van der Waals surface area contributed by atoms with Gasteiger partial charge in [-0.15, -0.1) is 0 Å². The molecule has 2 atom stereocenters. The minimum absolute atomic E-state index is 0.0409. The molecule has 112 valence electrons. The number of benzene rings is 1. The van der Waals surface area contributed by atoms with E-state index in [1.165, 1.54) is 12.1 Å². The van der Waals surface area contributed by atoms with Crippen LogP contribution in [0.5, 0.6) is 0 Å². The first-order valence-corrected chi connectivity index (χ1v) is 6.95. The van der Waals surface area contributed by atoms with E-state index >= 15 is 0 Å². The number of alkyl halides is 3. The van der Waals surface area contributed by atoms with Crippen molar-refractivity contribution < 1.29 is 17.9 Å². The van der Waals surface area contributed by atoms with Crippen LogP contribution in [0.1, 0.15) is 36.9 Å². The summed E-state index contributed by atoms with van der Waals surface area (Å²) in [6, 6.07) is 5.39. The second-order valence-corrected chi connectivity index (χ2v) is 5.33. The Labute approximate surface area is 117 Å². The van der Waals surface area contributed by atoms with E-state index in [0.29, 0.717) is 5.92 Å². The van der Waals surface area contributed by atoms with E-state index in [2.05, 4.69) is 5.32 Å². The minimum Gasteiger partial charge on any atom is -0.381 e. The molecule has 0 aliphatic carbocycles. The monoisotopic (exact) mass is 287 g/mol. The van der Waals surface area contributed by atoms with Gasteiger partial charge in [0.25, 0.3) is 0 Å². The van der Waals surface area contributed by atoms with Gasteiger partial charge in [0.05, 0.1) is 12.2 Å². The van der Waals surface area contributed by atoms with Crippen LogP contribution in [-0.4, -0.2) is 19.8 Å². The van der Waals surface area contributed by atoms with Crippen LogP contribution in [0.4, 0.5) is 13.2 Å². The summed E-state index contributed by atoms with van der Waals surface area (Å²) in [7, 11) is 0. The van der Waals surface area contributed by atoms with Crippen LogP contribution in [0.3, 0.4) is 0 Å². The molecule has 1 aromatic rings. The Morgan fingerprint density at radius 2 is 2.00 bits per heavy atom. The summed E-state index contributed by atoms with van der Waals surface area (Å²) in [6.45, 7) is 4.41. The largest absolute Gasteiger partial charge is 0.416 e. The molecule has 2 rings (SSSR count). The fourth-order valence-electron chi connectivity index (χ4n) is 2.39. The number of hydrogen-bond donors (Lipinski definition) is 1. The predicted octanol–water partition coefficient (Wildman–Crippen LogP) is 3.78. The lowest BCUT2D eigenvalue weighted by molar-refractivity contribution is -0.137. The lowest BCUT2D eigenvalue weighted by atomic mass is 10.0. The molecule has 0 aromatic heterocycles. The Kier molecular flexibility index (Phi) is 5.05. The molecule has 2 unspecified atom stereocenters. The molecule has 1 heterocycles. The molecule has 0 amide bonds. The highest BCUT2D eigenvalue weighted by molar-refractivity contribution is 5.26. The summed E-state index contributed by atoms with van der Waals surface area (Å²) in [4.78, 5) is 0. The second kappa shape index (κ2) is 6.59. The summed E-state index contributed by atoms with van der Waals surface area (Å²) < 4.78 is 42.9. The molecule has 1 aromatic carbocycles. The van der Waals surface area contributed by atoms with Gasteiger partial charge >= 0.3 is 6.18 Å². The van der Waals surface area contributed by atoms with Gasteiger partial charge in [-0.1, -0.05) is 12.1 Å². The Hall–Kier alpha value is -1.07. The molecule has 1 fully saturated rings. The van der Waals surface area contributed by atoms with E-state index in [1.54, 1.807) is 0 Å². The lowest BCUT2D eigenvalue weighted by Crippen LogP contribution is -2.30. The molecule has 20 heavy (non-hydrogen) atoms. The molecule has 0 radical (unpaired) electrons. The fraction of sp³-hybridized carbons (Fsp3) is 0.600. The zero-order chi connectivity index (χ0) is 14.6. The molecule has 1 N–H and O–H groups in total. The van der Waals surface area contributed by atoms with Gasteiger partial charge in [0.15, 0.2) is 0 Å². The molecular weight excluding hydrogens is 267 g/mol. The maximum atomic E-state index is 12.5. The first-order chi connectivity index (χ1) is 9.47. The van der Waals surface area contributed by atoms with Crippen LogP contribution >= 0.6 is 0 Å². The summed E-state index contributed by atoms with van der Waals surface area (Å²) in [5, 5.41) is 3.37. The van der Waals surface area contributed by atoms with Crippen molar-refractivity contribution in [2.75, 3.05) is 19.8 Å². The smallest absolute Gasteiger partial charge is 0.381 e. The van der Waals surface area contributed by atoms with Gasteiger partial charge in [0.1, 0.15) is 0 Å².